The first-order chi connectivity index (χ1) is 9.49. The fourth-order valence-electron chi connectivity index (χ4n) is 2.41. The zero-order valence-corrected chi connectivity index (χ0v) is 11.8. The Kier molecular flexibility index (Phi) is 4.23. The van der Waals surface area contributed by atoms with Crippen LogP contribution in [-0.2, 0) is 9.59 Å². The van der Waals surface area contributed by atoms with Gasteiger partial charge in [0.1, 0.15) is 0 Å². The minimum absolute atomic E-state index is 0.0426. The first-order valence-corrected chi connectivity index (χ1v) is 6.82. The molecule has 4 heteroatoms. The summed E-state index contributed by atoms with van der Waals surface area (Å²) in [6.45, 7) is 3.64. The van der Waals surface area contributed by atoms with E-state index in [1.165, 1.54) is 5.57 Å². The second kappa shape index (κ2) is 5.90. The largest absolute Gasteiger partial charge is 0.481 e. The smallest absolute Gasteiger partial charge is 0.310 e. The van der Waals surface area contributed by atoms with Crippen molar-refractivity contribution in [2.45, 2.75) is 39.0 Å². The van der Waals surface area contributed by atoms with Crippen LogP contribution in [0.25, 0.3) is 0 Å². The fraction of sp³-hybridized carbons (Fsp3) is 0.375. The molecule has 1 aliphatic carbocycles. The predicted octanol–water partition coefficient (Wildman–Crippen LogP) is 3.31. The van der Waals surface area contributed by atoms with Crippen LogP contribution in [0.4, 0.5) is 5.69 Å². The molecule has 0 radical (unpaired) electrons. The third-order valence-corrected chi connectivity index (χ3v) is 3.81. The summed E-state index contributed by atoms with van der Waals surface area (Å²) >= 11 is 0. The predicted molar refractivity (Wildman–Crippen MR) is 77.7 cm³/mol. The Balaban J connectivity index is 2.06. The number of rotatable bonds is 4. The highest BCUT2D eigenvalue weighted by atomic mass is 16.4. The van der Waals surface area contributed by atoms with Crippen molar-refractivity contribution in [3.8, 4) is 0 Å². The lowest BCUT2D eigenvalue weighted by Crippen LogP contribution is -2.14. The van der Waals surface area contributed by atoms with Gasteiger partial charge in [0.15, 0.2) is 0 Å². The van der Waals surface area contributed by atoms with E-state index >= 15 is 0 Å². The van der Waals surface area contributed by atoms with Crippen molar-refractivity contribution in [2.75, 3.05) is 5.32 Å². The number of benzene rings is 1. The van der Waals surface area contributed by atoms with Gasteiger partial charge in [-0.2, -0.15) is 0 Å². The zero-order chi connectivity index (χ0) is 14.7. The molecule has 0 bridgehead atoms. The maximum absolute atomic E-state index is 12.1. The maximum Gasteiger partial charge on any atom is 0.310 e. The van der Waals surface area contributed by atoms with E-state index < -0.39 is 11.9 Å². The molecule has 1 aromatic rings. The highest BCUT2D eigenvalue weighted by Crippen LogP contribution is 2.26. The van der Waals surface area contributed by atoms with E-state index in [2.05, 4.69) is 5.32 Å². The number of anilines is 1. The molecule has 0 saturated heterocycles. The molecule has 1 unspecified atom stereocenters. The second-order valence-electron chi connectivity index (χ2n) is 5.25. The number of hydrogen-bond donors (Lipinski definition) is 2. The normalized spacial score (nSPS) is 16.1. The second-order valence-corrected chi connectivity index (χ2v) is 5.25. The van der Waals surface area contributed by atoms with E-state index in [1.54, 1.807) is 31.2 Å². The molecular weight excluding hydrogens is 254 g/mol. The van der Waals surface area contributed by atoms with Gasteiger partial charge in [0.05, 0.1) is 5.92 Å². The van der Waals surface area contributed by atoms with Crippen LogP contribution in [0.3, 0.4) is 0 Å². The molecule has 2 rings (SSSR count). The summed E-state index contributed by atoms with van der Waals surface area (Å²) < 4.78 is 0. The van der Waals surface area contributed by atoms with Crippen molar-refractivity contribution in [1.82, 2.24) is 0 Å². The van der Waals surface area contributed by atoms with Crippen LogP contribution in [0.2, 0.25) is 0 Å². The van der Waals surface area contributed by atoms with E-state index in [1.807, 2.05) is 6.92 Å². The molecular formula is C16H19NO3. The monoisotopic (exact) mass is 273 g/mol. The minimum Gasteiger partial charge on any atom is -0.481 e. The molecule has 4 nitrogen and oxygen atoms in total. The number of carboxylic acid groups (broad SMARTS) is 1. The van der Waals surface area contributed by atoms with Gasteiger partial charge in [-0.1, -0.05) is 17.7 Å². The van der Waals surface area contributed by atoms with Crippen LogP contribution in [-0.4, -0.2) is 17.0 Å². The SMILES string of the molecule is CC1=C(C(=O)Nc2ccc(C(C)C(=O)O)cc2)CCC1. The Morgan fingerprint density at radius 2 is 1.85 bits per heavy atom. The Morgan fingerprint density at radius 1 is 1.20 bits per heavy atom. The Morgan fingerprint density at radius 3 is 2.35 bits per heavy atom. The number of carbonyl (C=O) groups excluding carboxylic acids is 1. The van der Waals surface area contributed by atoms with Gasteiger partial charge in [0, 0.05) is 11.3 Å². The summed E-state index contributed by atoms with van der Waals surface area (Å²) in [6.07, 6.45) is 2.88. The first kappa shape index (κ1) is 14.3. The van der Waals surface area contributed by atoms with E-state index in [9.17, 15) is 9.59 Å². The van der Waals surface area contributed by atoms with Crippen LogP contribution in [0, 0.1) is 0 Å². The van der Waals surface area contributed by atoms with Crippen molar-refractivity contribution < 1.29 is 14.7 Å². The number of carboxylic acids is 1. The van der Waals surface area contributed by atoms with Gasteiger partial charge in [-0.15, -0.1) is 0 Å². The summed E-state index contributed by atoms with van der Waals surface area (Å²) in [7, 11) is 0. The molecule has 0 spiro atoms. The van der Waals surface area contributed by atoms with Crippen LogP contribution >= 0.6 is 0 Å². The quantitative estimate of drug-likeness (QED) is 0.884. The number of allylic oxidation sites excluding steroid dienone is 1. The molecule has 1 amide bonds. The molecule has 1 atom stereocenters. The Hall–Kier alpha value is -2.10. The number of aliphatic carboxylic acids is 1. The number of nitrogens with one attached hydrogen (secondary N) is 1. The van der Waals surface area contributed by atoms with E-state index in [-0.39, 0.29) is 5.91 Å². The molecule has 0 aliphatic heterocycles. The number of amides is 1. The summed E-state index contributed by atoms with van der Waals surface area (Å²) in [5.41, 5.74) is 3.47. The van der Waals surface area contributed by atoms with Gasteiger partial charge in [-0.3, -0.25) is 9.59 Å². The minimum atomic E-state index is -0.853. The molecule has 106 valence electrons. The Labute approximate surface area is 118 Å². The summed E-state index contributed by atoms with van der Waals surface area (Å²) in [5, 5.41) is 11.8. The van der Waals surface area contributed by atoms with Crippen LogP contribution in [0.15, 0.2) is 35.4 Å². The molecule has 0 aromatic heterocycles. The summed E-state index contributed by atoms with van der Waals surface area (Å²) in [5.74, 6) is -1.44. The molecule has 0 fully saturated rings. The van der Waals surface area contributed by atoms with Gasteiger partial charge in [-0.25, -0.2) is 0 Å². The van der Waals surface area contributed by atoms with E-state index in [0.717, 1.165) is 30.4 Å². The van der Waals surface area contributed by atoms with Gasteiger partial charge >= 0.3 is 5.97 Å². The Bertz CT molecular complexity index is 558. The van der Waals surface area contributed by atoms with Crippen LogP contribution in [0.5, 0.6) is 0 Å². The molecule has 0 heterocycles. The molecule has 1 aliphatic rings. The van der Waals surface area contributed by atoms with Crippen molar-refractivity contribution in [3.05, 3.63) is 41.0 Å². The third-order valence-electron chi connectivity index (χ3n) is 3.81. The molecule has 0 saturated carbocycles. The van der Waals surface area contributed by atoms with Crippen LogP contribution < -0.4 is 5.32 Å². The maximum atomic E-state index is 12.1. The van der Waals surface area contributed by atoms with Crippen molar-refractivity contribution in [1.29, 1.82) is 0 Å². The lowest BCUT2D eigenvalue weighted by molar-refractivity contribution is -0.138. The summed E-state index contributed by atoms with van der Waals surface area (Å²) in [6, 6.07) is 6.98. The average molecular weight is 273 g/mol. The highest BCUT2D eigenvalue weighted by Gasteiger charge is 2.18. The fourth-order valence-corrected chi connectivity index (χ4v) is 2.41. The van der Waals surface area contributed by atoms with Crippen molar-refractivity contribution in [2.24, 2.45) is 0 Å². The average Bonchev–Trinajstić information content (AvgIpc) is 2.85. The number of hydrogen-bond acceptors (Lipinski definition) is 2. The van der Waals surface area contributed by atoms with Crippen LogP contribution in [0.1, 0.15) is 44.6 Å². The summed E-state index contributed by atoms with van der Waals surface area (Å²) in [4.78, 5) is 23.0. The first-order valence-electron chi connectivity index (χ1n) is 6.82. The van der Waals surface area contributed by atoms with E-state index in [4.69, 9.17) is 5.11 Å². The lowest BCUT2D eigenvalue weighted by atomic mass is 10.0. The number of carbonyl (C=O) groups is 2. The zero-order valence-electron chi connectivity index (χ0n) is 11.8. The van der Waals surface area contributed by atoms with Gasteiger partial charge < -0.3 is 10.4 Å². The third kappa shape index (κ3) is 3.07. The van der Waals surface area contributed by atoms with E-state index in [0.29, 0.717) is 5.69 Å². The van der Waals surface area contributed by atoms with Gasteiger partial charge in [-0.05, 0) is 50.8 Å². The molecule has 2 N–H and O–H groups in total. The van der Waals surface area contributed by atoms with Gasteiger partial charge in [0.25, 0.3) is 5.91 Å². The van der Waals surface area contributed by atoms with Crippen molar-refractivity contribution in [3.63, 3.8) is 0 Å². The topological polar surface area (TPSA) is 66.4 Å². The molecule has 20 heavy (non-hydrogen) atoms. The van der Waals surface area contributed by atoms with Crippen molar-refractivity contribution >= 4 is 17.6 Å². The van der Waals surface area contributed by atoms with Gasteiger partial charge in [0.2, 0.25) is 0 Å². The lowest BCUT2D eigenvalue weighted by Gasteiger charge is -2.10. The standard InChI is InChI=1S/C16H19NO3/c1-10-4-3-5-14(10)15(18)17-13-8-6-12(7-9-13)11(2)16(19)20/h6-9,11H,3-5H2,1-2H3,(H,17,18)(H,19,20). The molecule has 1 aromatic carbocycles. The highest BCUT2D eigenvalue weighted by molar-refractivity contribution is 6.04.